The average Bonchev–Trinajstić information content (AvgIpc) is 2.58. The molecule has 0 amide bonds. The van der Waals surface area contributed by atoms with Gasteiger partial charge in [0.05, 0.1) is 16.9 Å². The van der Waals surface area contributed by atoms with Crippen molar-refractivity contribution >= 4 is 47.4 Å². The van der Waals surface area contributed by atoms with Gasteiger partial charge in [0, 0.05) is 23.5 Å². The first-order valence-electron chi connectivity index (χ1n) is 7.99. The first-order valence-corrected chi connectivity index (χ1v) is 9.18. The quantitative estimate of drug-likeness (QED) is 0.793. The van der Waals surface area contributed by atoms with Crippen molar-refractivity contribution in [2.24, 2.45) is 10.7 Å². The van der Waals surface area contributed by atoms with E-state index in [1.54, 1.807) is 12.3 Å². The molecule has 1 aromatic carbocycles. The minimum Gasteiger partial charge on any atom is -0.381 e. The van der Waals surface area contributed by atoms with Crippen molar-refractivity contribution in [1.29, 1.82) is 0 Å². The van der Waals surface area contributed by atoms with Crippen LogP contribution in [0.5, 0.6) is 0 Å². The number of nitrogen functional groups attached to an aromatic ring is 1. The molecule has 2 aromatic rings. The Morgan fingerprint density at radius 2 is 2.08 bits per heavy atom. The molecule has 3 rings (SSSR count). The van der Waals surface area contributed by atoms with Crippen LogP contribution in [0.2, 0.25) is 5.02 Å². The number of hydrogen-bond donors (Lipinski definition) is 2. The molecular formula is C17H21ClN6S. The average molecular weight is 377 g/mol. The minimum atomic E-state index is -0.105. The summed E-state index contributed by atoms with van der Waals surface area (Å²) in [7, 11) is 0. The smallest absolute Gasteiger partial charge is 0.158 e. The van der Waals surface area contributed by atoms with Crippen LogP contribution in [-0.4, -0.2) is 35.3 Å². The van der Waals surface area contributed by atoms with Crippen molar-refractivity contribution in [3.8, 4) is 0 Å². The fourth-order valence-electron chi connectivity index (χ4n) is 2.66. The Balaban J connectivity index is 1.78. The molecule has 132 valence electrons. The van der Waals surface area contributed by atoms with Crippen molar-refractivity contribution in [2.45, 2.75) is 35.2 Å². The van der Waals surface area contributed by atoms with E-state index in [9.17, 15) is 0 Å². The lowest BCUT2D eigenvalue weighted by Gasteiger charge is -2.37. The van der Waals surface area contributed by atoms with Crippen LogP contribution in [0.15, 0.2) is 39.3 Å². The van der Waals surface area contributed by atoms with Crippen LogP contribution in [0.3, 0.4) is 0 Å². The van der Waals surface area contributed by atoms with Gasteiger partial charge in [0.25, 0.3) is 0 Å². The third kappa shape index (κ3) is 4.05. The van der Waals surface area contributed by atoms with E-state index < -0.39 is 0 Å². The van der Waals surface area contributed by atoms with Crippen molar-refractivity contribution in [3.63, 3.8) is 0 Å². The number of rotatable bonds is 4. The lowest BCUT2D eigenvalue weighted by molar-refractivity contribution is 0.363. The summed E-state index contributed by atoms with van der Waals surface area (Å²) in [6.45, 7) is 7.31. The molecule has 8 heteroatoms. The first-order chi connectivity index (χ1) is 11.9. The summed E-state index contributed by atoms with van der Waals surface area (Å²) in [5.74, 6) is 1.17. The van der Waals surface area contributed by atoms with Crippen LogP contribution in [0, 0.1) is 0 Å². The molecule has 0 bridgehead atoms. The van der Waals surface area contributed by atoms with E-state index >= 15 is 0 Å². The van der Waals surface area contributed by atoms with E-state index in [0.717, 1.165) is 36.6 Å². The van der Waals surface area contributed by atoms with Crippen LogP contribution in [0.25, 0.3) is 0 Å². The summed E-state index contributed by atoms with van der Waals surface area (Å²) in [5.41, 5.74) is 12.8. The van der Waals surface area contributed by atoms with Crippen molar-refractivity contribution < 1.29 is 0 Å². The number of piperidine rings is 1. The fourth-order valence-corrected chi connectivity index (χ4v) is 3.77. The maximum atomic E-state index is 6.33. The predicted molar refractivity (Wildman–Crippen MR) is 105 cm³/mol. The van der Waals surface area contributed by atoms with Gasteiger partial charge in [-0.3, -0.25) is 4.99 Å². The number of benzene rings is 1. The number of nitrogens with zero attached hydrogens (tertiary/aromatic N) is 4. The molecule has 0 spiro atoms. The number of anilines is 2. The van der Waals surface area contributed by atoms with E-state index in [1.807, 2.05) is 12.1 Å². The van der Waals surface area contributed by atoms with Gasteiger partial charge in [-0.05, 0) is 38.6 Å². The Bertz CT molecular complexity index is 785. The van der Waals surface area contributed by atoms with E-state index in [2.05, 4.69) is 33.5 Å². The van der Waals surface area contributed by atoms with E-state index in [4.69, 9.17) is 23.1 Å². The van der Waals surface area contributed by atoms with Gasteiger partial charge in [0.15, 0.2) is 5.82 Å². The third-order valence-electron chi connectivity index (χ3n) is 4.30. The van der Waals surface area contributed by atoms with E-state index in [-0.39, 0.29) is 5.54 Å². The second kappa shape index (κ2) is 7.19. The number of aromatic nitrogens is 2. The summed E-state index contributed by atoms with van der Waals surface area (Å²) < 4.78 is 0. The highest BCUT2D eigenvalue weighted by atomic mass is 35.5. The Kier molecular flexibility index (Phi) is 5.17. The number of aliphatic imine (C=N–C) groups is 1. The Morgan fingerprint density at radius 1 is 1.36 bits per heavy atom. The Labute approximate surface area is 156 Å². The van der Waals surface area contributed by atoms with Gasteiger partial charge in [-0.15, -0.1) is 0 Å². The molecule has 1 saturated heterocycles. The fraction of sp³-hybridized carbons (Fsp3) is 0.353. The van der Waals surface area contributed by atoms with E-state index in [1.165, 1.54) is 11.8 Å². The lowest BCUT2D eigenvalue weighted by Crippen LogP contribution is -2.48. The zero-order valence-corrected chi connectivity index (χ0v) is 15.6. The predicted octanol–water partition coefficient (Wildman–Crippen LogP) is 3.51. The largest absolute Gasteiger partial charge is 0.381 e. The second-order valence-electron chi connectivity index (χ2n) is 6.41. The normalized spacial score (nSPS) is 16.7. The SMILES string of the molecule is C=Nc1cccc(Sc2ncc(N3CCC(C)(N)CC3)nc2N)c1Cl. The van der Waals surface area contributed by atoms with Crippen LogP contribution >= 0.6 is 23.4 Å². The number of nitrogens with two attached hydrogens (primary N) is 2. The number of hydrogen-bond acceptors (Lipinski definition) is 7. The summed E-state index contributed by atoms with van der Waals surface area (Å²) >= 11 is 7.70. The lowest BCUT2D eigenvalue weighted by atomic mass is 9.91. The van der Waals surface area contributed by atoms with Crippen LogP contribution in [0.4, 0.5) is 17.3 Å². The molecule has 1 fully saturated rings. The Morgan fingerprint density at radius 3 is 2.72 bits per heavy atom. The highest BCUT2D eigenvalue weighted by molar-refractivity contribution is 7.99. The molecule has 0 atom stereocenters. The standard InChI is InChI=1S/C17H21ClN6S/c1-17(20)6-8-24(9-7-17)13-10-22-16(15(19)23-13)25-12-5-3-4-11(21-2)14(12)18/h3-5,10H,2,6-9,20H2,1H3,(H2,19,23). The number of halogens is 1. The summed E-state index contributed by atoms with van der Waals surface area (Å²) in [4.78, 5) is 15.9. The van der Waals surface area contributed by atoms with Gasteiger partial charge >= 0.3 is 0 Å². The zero-order valence-electron chi connectivity index (χ0n) is 14.1. The monoisotopic (exact) mass is 376 g/mol. The maximum Gasteiger partial charge on any atom is 0.158 e. The molecule has 2 heterocycles. The molecule has 0 radical (unpaired) electrons. The van der Waals surface area contributed by atoms with Gasteiger partial charge in [-0.25, -0.2) is 9.97 Å². The highest BCUT2D eigenvalue weighted by Crippen LogP contribution is 2.39. The molecule has 1 aliphatic heterocycles. The molecule has 1 aliphatic rings. The summed E-state index contributed by atoms with van der Waals surface area (Å²) in [6, 6.07) is 5.57. The molecule has 4 N–H and O–H groups in total. The molecule has 0 saturated carbocycles. The molecular weight excluding hydrogens is 356 g/mol. The molecule has 0 unspecified atom stereocenters. The molecule has 1 aromatic heterocycles. The van der Waals surface area contributed by atoms with Gasteiger partial charge in [0.1, 0.15) is 10.8 Å². The van der Waals surface area contributed by atoms with Gasteiger partial charge in [0.2, 0.25) is 0 Å². The van der Waals surface area contributed by atoms with Crippen molar-refractivity contribution in [3.05, 3.63) is 29.4 Å². The minimum absolute atomic E-state index is 0.105. The van der Waals surface area contributed by atoms with Crippen LogP contribution in [0.1, 0.15) is 19.8 Å². The van der Waals surface area contributed by atoms with Crippen molar-refractivity contribution in [1.82, 2.24) is 9.97 Å². The summed E-state index contributed by atoms with van der Waals surface area (Å²) in [5, 5.41) is 1.15. The Hall–Kier alpha value is -1.83. The molecule has 0 aliphatic carbocycles. The zero-order chi connectivity index (χ0) is 18.0. The van der Waals surface area contributed by atoms with E-state index in [0.29, 0.717) is 21.6 Å². The third-order valence-corrected chi connectivity index (χ3v) is 5.88. The summed E-state index contributed by atoms with van der Waals surface area (Å²) in [6.07, 6.45) is 3.59. The van der Waals surface area contributed by atoms with Gasteiger partial charge < -0.3 is 16.4 Å². The van der Waals surface area contributed by atoms with Crippen molar-refractivity contribution in [2.75, 3.05) is 23.7 Å². The first kappa shape index (κ1) is 18.0. The van der Waals surface area contributed by atoms with Crippen LogP contribution in [-0.2, 0) is 0 Å². The molecule has 25 heavy (non-hydrogen) atoms. The van der Waals surface area contributed by atoms with Gasteiger partial charge in [-0.1, -0.05) is 29.4 Å². The molecule has 6 nitrogen and oxygen atoms in total. The highest BCUT2D eigenvalue weighted by Gasteiger charge is 2.27. The second-order valence-corrected chi connectivity index (χ2v) is 7.82. The van der Waals surface area contributed by atoms with Gasteiger partial charge in [-0.2, -0.15) is 0 Å². The van der Waals surface area contributed by atoms with Crippen LogP contribution < -0.4 is 16.4 Å². The maximum absolute atomic E-state index is 6.33. The topological polar surface area (TPSA) is 93.4 Å².